The molecule has 0 aliphatic carbocycles. The number of rotatable bonds is 5. The van der Waals surface area contributed by atoms with Gasteiger partial charge in [0.15, 0.2) is 11.5 Å². The fourth-order valence-electron chi connectivity index (χ4n) is 3.97. The van der Waals surface area contributed by atoms with E-state index >= 15 is 0 Å². The summed E-state index contributed by atoms with van der Waals surface area (Å²) >= 11 is 1.65. The molecule has 1 amide bonds. The predicted molar refractivity (Wildman–Crippen MR) is 134 cm³/mol. The van der Waals surface area contributed by atoms with E-state index in [4.69, 9.17) is 4.98 Å². The van der Waals surface area contributed by atoms with Crippen LogP contribution in [0, 0.1) is 0 Å². The number of fused-ring (bicyclic) bond motifs is 2. The van der Waals surface area contributed by atoms with Crippen LogP contribution in [-0.2, 0) is 4.79 Å². The van der Waals surface area contributed by atoms with Gasteiger partial charge in [-0.1, -0.05) is 13.0 Å². The topological polar surface area (TPSA) is 112 Å². The standard InChI is InChI=1S/C25H19N7OS/c1-2-21(33)28-17-9-16(11-26-12-17)14-3-4-20-19(10-14)23(32-31-20)25-29-22-18(15-6-8-34-13-15)5-7-27-24(22)30-25/h3-13H,2H2,1H3,(H,28,33)(H,31,32)(H,27,29,30). The van der Waals surface area contributed by atoms with Gasteiger partial charge in [-0.25, -0.2) is 9.97 Å². The molecule has 0 aliphatic heterocycles. The molecule has 0 bridgehead atoms. The van der Waals surface area contributed by atoms with Crippen molar-refractivity contribution in [2.24, 2.45) is 0 Å². The van der Waals surface area contributed by atoms with Gasteiger partial charge in [0.05, 0.1) is 22.9 Å². The van der Waals surface area contributed by atoms with Gasteiger partial charge in [0.2, 0.25) is 5.91 Å². The summed E-state index contributed by atoms with van der Waals surface area (Å²) in [6.45, 7) is 1.82. The van der Waals surface area contributed by atoms with Crippen molar-refractivity contribution in [3.05, 3.63) is 65.7 Å². The van der Waals surface area contributed by atoms with Crippen LogP contribution in [0.15, 0.2) is 65.7 Å². The summed E-state index contributed by atoms with van der Waals surface area (Å²) in [5, 5.41) is 15.6. The van der Waals surface area contributed by atoms with Gasteiger partial charge in [-0.15, -0.1) is 0 Å². The molecule has 0 atom stereocenters. The van der Waals surface area contributed by atoms with Crippen molar-refractivity contribution in [1.29, 1.82) is 0 Å². The van der Waals surface area contributed by atoms with E-state index in [1.165, 1.54) is 0 Å². The molecule has 0 aliphatic rings. The third-order valence-corrected chi connectivity index (χ3v) is 6.37. The average molecular weight is 466 g/mol. The highest BCUT2D eigenvalue weighted by Crippen LogP contribution is 2.33. The maximum absolute atomic E-state index is 11.8. The smallest absolute Gasteiger partial charge is 0.224 e. The van der Waals surface area contributed by atoms with Crippen LogP contribution in [0.3, 0.4) is 0 Å². The summed E-state index contributed by atoms with van der Waals surface area (Å²) < 4.78 is 0. The lowest BCUT2D eigenvalue weighted by Crippen LogP contribution is -2.09. The zero-order valence-electron chi connectivity index (χ0n) is 18.2. The molecule has 9 heteroatoms. The zero-order chi connectivity index (χ0) is 23.1. The third-order valence-electron chi connectivity index (χ3n) is 5.69. The number of aromatic amines is 2. The number of hydrogen-bond acceptors (Lipinski definition) is 6. The predicted octanol–water partition coefficient (Wildman–Crippen LogP) is 5.64. The molecule has 3 N–H and O–H groups in total. The number of H-pyrrole nitrogens is 2. The van der Waals surface area contributed by atoms with Gasteiger partial charge in [-0.2, -0.15) is 16.4 Å². The van der Waals surface area contributed by atoms with Crippen LogP contribution in [0.4, 0.5) is 5.69 Å². The highest BCUT2D eigenvalue weighted by atomic mass is 32.1. The van der Waals surface area contributed by atoms with E-state index in [2.05, 4.69) is 53.4 Å². The monoisotopic (exact) mass is 465 g/mol. The fourth-order valence-corrected chi connectivity index (χ4v) is 4.63. The second kappa shape index (κ2) is 8.20. The molecule has 166 valence electrons. The first-order valence-corrected chi connectivity index (χ1v) is 11.7. The quantitative estimate of drug-likeness (QED) is 0.305. The minimum atomic E-state index is -0.0492. The van der Waals surface area contributed by atoms with Crippen LogP contribution >= 0.6 is 11.3 Å². The number of carbonyl (C=O) groups is 1. The Morgan fingerprint density at radius 3 is 2.88 bits per heavy atom. The summed E-state index contributed by atoms with van der Waals surface area (Å²) in [5.74, 6) is 0.600. The van der Waals surface area contributed by atoms with Crippen LogP contribution < -0.4 is 5.32 Å². The number of amides is 1. The number of hydrogen-bond donors (Lipinski definition) is 3. The molecular weight excluding hydrogens is 446 g/mol. The van der Waals surface area contributed by atoms with Crippen molar-refractivity contribution < 1.29 is 4.79 Å². The van der Waals surface area contributed by atoms with Crippen molar-refractivity contribution in [3.63, 3.8) is 0 Å². The normalized spacial score (nSPS) is 11.3. The number of carbonyl (C=O) groups excluding carboxylic acids is 1. The van der Waals surface area contributed by atoms with Crippen LogP contribution in [-0.4, -0.2) is 36.0 Å². The first-order valence-electron chi connectivity index (χ1n) is 10.8. The number of benzene rings is 1. The van der Waals surface area contributed by atoms with E-state index in [0.29, 0.717) is 23.6 Å². The van der Waals surface area contributed by atoms with Crippen molar-refractivity contribution in [2.45, 2.75) is 13.3 Å². The molecule has 6 rings (SSSR count). The Bertz CT molecular complexity index is 1650. The van der Waals surface area contributed by atoms with Gasteiger partial charge in [0, 0.05) is 35.3 Å². The summed E-state index contributed by atoms with van der Waals surface area (Å²) in [6.07, 6.45) is 5.61. The number of nitrogens with one attached hydrogen (secondary N) is 3. The second-order valence-corrected chi connectivity index (χ2v) is 8.63. The zero-order valence-corrected chi connectivity index (χ0v) is 19.0. The molecule has 8 nitrogen and oxygen atoms in total. The van der Waals surface area contributed by atoms with Crippen LogP contribution in [0.25, 0.3) is 55.8 Å². The number of thiophene rings is 1. The molecule has 0 unspecified atom stereocenters. The van der Waals surface area contributed by atoms with Crippen molar-refractivity contribution in [3.8, 4) is 33.8 Å². The van der Waals surface area contributed by atoms with Crippen LogP contribution in [0.2, 0.25) is 0 Å². The largest absolute Gasteiger partial charge is 0.335 e. The van der Waals surface area contributed by atoms with E-state index in [1.807, 2.05) is 31.2 Å². The first kappa shape index (κ1) is 20.3. The Hall–Kier alpha value is -4.37. The van der Waals surface area contributed by atoms with E-state index in [0.717, 1.165) is 44.4 Å². The van der Waals surface area contributed by atoms with Crippen LogP contribution in [0.5, 0.6) is 0 Å². The van der Waals surface area contributed by atoms with Crippen molar-refractivity contribution >= 4 is 45.0 Å². The molecule has 0 saturated heterocycles. The highest BCUT2D eigenvalue weighted by molar-refractivity contribution is 7.08. The maximum Gasteiger partial charge on any atom is 0.224 e. The van der Waals surface area contributed by atoms with Gasteiger partial charge in [-0.3, -0.25) is 14.9 Å². The Kier molecular flexibility index (Phi) is 4.88. The van der Waals surface area contributed by atoms with Gasteiger partial charge >= 0.3 is 0 Å². The molecule has 34 heavy (non-hydrogen) atoms. The lowest BCUT2D eigenvalue weighted by molar-refractivity contribution is -0.115. The van der Waals surface area contributed by atoms with Gasteiger partial charge in [-0.05, 0) is 52.2 Å². The minimum Gasteiger partial charge on any atom is -0.335 e. The van der Waals surface area contributed by atoms with Crippen LogP contribution in [0.1, 0.15) is 13.3 Å². The number of imidazole rings is 1. The number of aromatic nitrogens is 6. The first-order chi connectivity index (χ1) is 16.7. The van der Waals surface area contributed by atoms with Gasteiger partial charge < -0.3 is 10.3 Å². The molecule has 6 aromatic rings. The maximum atomic E-state index is 11.8. The average Bonchev–Trinajstić information content (AvgIpc) is 3.62. The molecule has 0 radical (unpaired) electrons. The summed E-state index contributed by atoms with van der Waals surface area (Å²) in [5.41, 5.74) is 7.86. The number of pyridine rings is 2. The highest BCUT2D eigenvalue weighted by Gasteiger charge is 2.16. The molecular formula is C25H19N7OS. The van der Waals surface area contributed by atoms with E-state index < -0.39 is 0 Å². The Morgan fingerprint density at radius 2 is 2.03 bits per heavy atom. The second-order valence-electron chi connectivity index (χ2n) is 7.85. The van der Waals surface area contributed by atoms with E-state index in [9.17, 15) is 4.79 Å². The lowest BCUT2D eigenvalue weighted by Gasteiger charge is -2.06. The van der Waals surface area contributed by atoms with Crippen molar-refractivity contribution in [2.75, 3.05) is 5.32 Å². The van der Waals surface area contributed by atoms with E-state index in [-0.39, 0.29) is 5.91 Å². The SMILES string of the molecule is CCC(=O)Nc1cncc(-c2ccc3[nH]nc(-c4nc5nccc(-c6ccsc6)c5[nH]4)c3c2)c1. The van der Waals surface area contributed by atoms with Gasteiger partial charge in [0.1, 0.15) is 5.69 Å². The van der Waals surface area contributed by atoms with E-state index in [1.54, 1.807) is 29.9 Å². The third kappa shape index (κ3) is 3.52. The number of nitrogens with zero attached hydrogens (tertiary/aromatic N) is 4. The molecule has 1 aromatic carbocycles. The van der Waals surface area contributed by atoms with Crippen molar-refractivity contribution in [1.82, 2.24) is 30.1 Å². The molecule has 5 heterocycles. The fraction of sp³-hybridized carbons (Fsp3) is 0.0800. The Morgan fingerprint density at radius 1 is 1.09 bits per heavy atom. The summed E-state index contributed by atoms with van der Waals surface area (Å²) in [7, 11) is 0. The molecule has 5 aromatic heterocycles. The molecule has 0 saturated carbocycles. The molecule has 0 fully saturated rings. The Labute approximate surface area is 198 Å². The minimum absolute atomic E-state index is 0.0492. The van der Waals surface area contributed by atoms with Gasteiger partial charge in [0.25, 0.3) is 0 Å². The lowest BCUT2D eigenvalue weighted by atomic mass is 10.0. The number of anilines is 1. The summed E-state index contributed by atoms with van der Waals surface area (Å²) in [6, 6.07) is 12.0. The Balaban J connectivity index is 1.43. The molecule has 0 spiro atoms. The summed E-state index contributed by atoms with van der Waals surface area (Å²) in [4.78, 5) is 28.7.